The molecule has 3 N–H and O–H groups in total. The monoisotopic (exact) mass is 921 g/mol. The lowest BCUT2D eigenvalue weighted by Crippen LogP contribution is -2.46. The molecule has 13 nitrogen and oxygen atoms in total. The number of thioether (sulfide) groups is 1. The van der Waals surface area contributed by atoms with E-state index in [1.165, 1.54) is 12.1 Å². The van der Waals surface area contributed by atoms with Gasteiger partial charge in [-0.2, -0.15) is 0 Å². The van der Waals surface area contributed by atoms with Crippen LogP contribution >= 0.6 is 23.4 Å². The van der Waals surface area contributed by atoms with E-state index in [2.05, 4.69) is 30.8 Å². The molecule has 0 radical (unpaired) electrons. The van der Waals surface area contributed by atoms with Crippen molar-refractivity contribution >= 4 is 67.8 Å². The van der Waals surface area contributed by atoms with Crippen LogP contribution in [-0.2, 0) is 16.6 Å². The number of piperazine rings is 1. The molecule has 1 aromatic heterocycles. The second-order valence-electron chi connectivity index (χ2n) is 15.9. The number of carboxylic acids is 1. The predicted octanol–water partition coefficient (Wildman–Crippen LogP) is 10.1. The summed E-state index contributed by atoms with van der Waals surface area (Å²) in [6.45, 7) is 8.02. The fourth-order valence-corrected chi connectivity index (χ4v) is 10.3. The molecule has 0 aliphatic carbocycles. The molecule has 2 heterocycles. The van der Waals surface area contributed by atoms with E-state index in [-0.39, 0.29) is 27.9 Å². The lowest BCUT2D eigenvalue weighted by atomic mass is 9.96. The highest BCUT2D eigenvalue weighted by atomic mass is 35.5. The summed E-state index contributed by atoms with van der Waals surface area (Å²) in [5.74, 6) is -0.317. The third kappa shape index (κ3) is 10.7. The molecule has 16 heteroatoms. The average Bonchev–Trinajstić information content (AvgIpc) is 3.60. The number of benzene rings is 5. The summed E-state index contributed by atoms with van der Waals surface area (Å²) in [6, 6.07) is 36.4. The molecule has 6 aromatic rings. The summed E-state index contributed by atoms with van der Waals surface area (Å²) in [4.78, 5) is 31.9. The minimum Gasteiger partial charge on any atom is -0.478 e. The van der Waals surface area contributed by atoms with Gasteiger partial charge in [0, 0.05) is 88.8 Å². The highest BCUT2D eigenvalue weighted by molar-refractivity contribution is 7.99. The molecule has 7 rings (SSSR count). The third-order valence-electron chi connectivity index (χ3n) is 11.4. The normalized spacial score (nSPS) is 13.5. The zero-order chi connectivity index (χ0) is 45.5. The number of nitro benzene ring substituents is 1. The fraction of sp³-hybridized carbons (Fsp3) is 0.271. The summed E-state index contributed by atoms with van der Waals surface area (Å²) in [7, 11) is -0.218. The quantitative estimate of drug-likeness (QED) is 0.0429. The molecule has 0 amide bonds. The van der Waals surface area contributed by atoms with Gasteiger partial charge in [0.1, 0.15) is 5.69 Å². The minimum atomic E-state index is -4.16. The number of rotatable bonds is 18. The van der Waals surface area contributed by atoms with Crippen LogP contribution in [0.25, 0.3) is 22.4 Å². The zero-order valence-corrected chi connectivity index (χ0v) is 38.6. The van der Waals surface area contributed by atoms with Gasteiger partial charge in [-0.05, 0) is 125 Å². The summed E-state index contributed by atoms with van der Waals surface area (Å²) >= 11 is 7.88. The Morgan fingerprint density at radius 1 is 0.875 bits per heavy atom. The first kappa shape index (κ1) is 46.0. The Kier molecular flexibility index (Phi) is 14.5. The molecule has 1 unspecified atom stereocenters. The van der Waals surface area contributed by atoms with Crippen molar-refractivity contribution in [3.05, 3.63) is 148 Å². The van der Waals surface area contributed by atoms with Gasteiger partial charge in [0.25, 0.3) is 15.7 Å². The van der Waals surface area contributed by atoms with E-state index in [0.29, 0.717) is 60.4 Å². The van der Waals surface area contributed by atoms with Crippen molar-refractivity contribution in [2.45, 2.75) is 42.6 Å². The van der Waals surface area contributed by atoms with Crippen LogP contribution in [0.1, 0.15) is 29.4 Å². The van der Waals surface area contributed by atoms with Gasteiger partial charge < -0.3 is 29.7 Å². The minimum absolute atomic E-state index is 0.114. The maximum atomic E-state index is 13.6. The van der Waals surface area contributed by atoms with Crippen LogP contribution in [0.5, 0.6) is 0 Å². The number of carbonyl (C=O) groups is 1. The Morgan fingerprint density at radius 2 is 1.55 bits per heavy atom. The molecular formula is C48H52ClN7O6S2. The van der Waals surface area contributed by atoms with Gasteiger partial charge in [-0.1, -0.05) is 54.1 Å². The summed E-state index contributed by atoms with van der Waals surface area (Å²) in [6.07, 6.45) is 0.726. The molecule has 0 saturated carbocycles. The maximum absolute atomic E-state index is 13.6. The van der Waals surface area contributed by atoms with Gasteiger partial charge >= 0.3 is 5.97 Å². The van der Waals surface area contributed by atoms with Gasteiger partial charge in [0.05, 0.1) is 21.1 Å². The molecule has 0 spiro atoms. The maximum Gasteiger partial charge on any atom is 0.338 e. The van der Waals surface area contributed by atoms with E-state index >= 15 is 0 Å². The van der Waals surface area contributed by atoms with Crippen molar-refractivity contribution < 1.29 is 23.2 Å². The van der Waals surface area contributed by atoms with E-state index in [1.54, 1.807) is 23.9 Å². The number of halogens is 1. The van der Waals surface area contributed by atoms with Crippen molar-refractivity contribution in [1.82, 2.24) is 9.47 Å². The lowest BCUT2D eigenvalue weighted by molar-refractivity contribution is -0.384. The van der Waals surface area contributed by atoms with Crippen LogP contribution in [0.2, 0.25) is 5.02 Å². The van der Waals surface area contributed by atoms with Crippen molar-refractivity contribution in [2.24, 2.45) is 0 Å². The second kappa shape index (κ2) is 20.2. The Morgan fingerprint density at radius 3 is 2.17 bits per heavy atom. The number of carboxylic acid groups (broad SMARTS) is 1. The standard InChI is InChI=1S/C48H52ClN7O6S2/c1-5-55-33(2)45(48(57)58)46(47(55)34-14-16-36(49)17-15-34)35-10-9-11-40(30-35)54-28-26-53(27-29-54)39-20-18-37(19-21-39)51-64(61,62)42-22-23-43(44(31-42)56(59)60)50-38(24-25-52(3)4)32-63-41-12-7-6-8-13-41/h6-23,30-31,38,50-51H,5,24-29,32H2,1-4H3,(H,57,58). The molecule has 334 valence electrons. The van der Waals surface area contributed by atoms with Crippen LogP contribution in [0.3, 0.4) is 0 Å². The van der Waals surface area contributed by atoms with Crippen LogP contribution in [0.15, 0.2) is 131 Å². The molecule has 64 heavy (non-hydrogen) atoms. The van der Waals surface area contributed by atoms with Crippen molar-refractivity contribution in [3.63, 3.8) is 0 Å². The van der Waals surface area contributed by atoms with Gasteiger partial charge in [-0.3, -0.25) is 14.8 Å². The van der Waals surface area contributed by atoms with Gasteiger partial charge in [-0.25, -0.2) is 13.2 Å². The third-order valence-corrected chi connectivity index (χ3v) is 14.2. The highest BCUT2D eigenvalue weighted by Crippen LogP contribution is 2.41. The van der Waals surface area contributed by atoms with Crippen LogP contribution in [0, 0.1) is 17.0 Å². The van der Waals surface area contributed by atoms with E-state index in [9.17, 15) is 28.4 Å². The number of nitro groups is 1. The number of hydrogen-bond acceptors (Lipinski definition) is 10. The lowest BCUT2D eigenvalue weighted by Gasteiger charge is -2.37. The van der Waals surface area contributed by atoms with Crippen LogP contribution in [-0.4, -0.2) is 92.5 Å². The fourth-order valence-electron chi connectivity index (χ4n) is 8.11. The zero-order valence-electron chi connectivity index (χ0n) is 36.2. The first-order valence-corrected chi connectivity index (χ1v) is 23.9. The summed E-state index contributed by atoms with van der Waals surface area (Å²) < 4.78 is 31.8. The Bertz CT molecular complexity index is 2710. The van der Waals surface area contributed by atoms with Crippen molar-refractivity contribution in [2.75, 3.05) is 72.4 Å². The predicted molar refractivity (Wildman–Crippen MR) is 260 cm³/mol. The van der Waals surface area contributed by atoms with Crippen molar-refractivity contribution in [3.8, 4) is 22.4 Å². The molecule has 1 fully saturated rings. The Hall–Kier alpha value is -6.00. The van der Waals surface area contributed by atoms with Gasteiger partial charge in [0.2, 0.25) is 0 Å². The van der Waals surface area contributed by atoms with Crippen LogP contribution in [0.4, 0.5) is 28.4 Å². The highest BCUT2D eigenvalue weighted by Gasteiger charge is 2.28. The van der Waals surface area contributed by atoms with Crippen LogP contribution < -0.4 is 19.8 Å². The van der Waals surface area contributed by atoms with E-state index in [0.717, 1.165) is 52.1 Å². The molecule has 5 aromatic carbocycles. The first-order valence-electron chi connectivity index (χ1n) is 21.1. The number of aromatic nitrogens is 1. The second-order valence-corrected chi connectivity index (χ2v) is 19.1. The molecule has 1 saturated heterocycles. The first-order chi connectivity index (χ1) is 30.7. The number of anilines is 4. The average molecular weight is 923 g/mol. The SMILES string of the molecule is CCn1c(C)c(C(=O)O)c(-c2cccc(N3CCN(c4ccc(NS(=O)(=O)c5ccc(NC(CCN(C)C)CSc6ccccc6)c([N+](=O)[O-])c5)cc4)CC3)c2)c1-c1ccc(Cl)cc1. The largest absolute Gasteiger partial charge is 0.478 e. The van der Waals surface area contributed by atoms with E-state index in [4.69, 9.17) is 11.6 Å². The number of nitrogens with zero attached hydrogens (tertiary/aromatic N) is 5. The van der Waals surface area contributed by atoms with E-state index < -0.39 is 20.9 Å². The summed E-state index contributed by atoms with van der Waals surface area (Å²) in [5, 5.41) is 26.6. The molecule has 0 bridgehead atoms. The number of hydrogen-bond donors (Lipinski definition) is 3. The van der Waals surface area contributed by atoms with E-state index in [1.807, 2.05) is 117 Å². The number of sulfonamides is 1. The Balaban J connectivity index is 1.02. The van der Waals surface area contributed by atoms with Gasteiger partial charge in [-0.15, -0.1) is 11.8 Å². The Labute approximate surface area is 383 Å². The smallest absolute Gasteiger partial charge is 0.338 e. The van der Waals surface area contributed by atoms with Crippen molar-refractivity contribution in [1.29, 1.82) is 0 Å². The molecule has 1 aliphatic rings. The topological polar surface area (TPSA) is 153 Å². The summed E-state index contributed by atoms with van der Waals surface area (Å²) in [5.41, 5.74) is 6.35. The molecule has 1 aliphatic heterocycles. The number of nitrogens with one attached hydrogen (secondary N) is 2. The van der Waals surface area contributed by atoms with Gasteiger partial charge in [0.15, 0.2) is 0 Å². The number of aromatic carboxylic acids is 1. The molecular weight excluding hydrogens is 870 g/mol. The molecule has 1 atom stereocenters.